The number of nitro groups is 1. The molecule has 1 rings (SSSR count). The van der Waals surface area contributed by atoms with Crippen LogP contribution in [0.5, 0.6) is 0 Å². The summed E-state index contributed by atoms with van der Waals surface area (Å²) in [6.07, 6.45) is 1.71. The van der Waals surface area contributed by atoms with Gasteiger partial charge >= 0.3 is 0 Å². The van der Waals surface area contributed by atoms with E-state index in [1.165, 1.54) is 18.2 Å². The van der Waals surface area contributed by atoms with Gasteiger partial charge in [-0.25, -0.2) is 0 Å². The van der Waals surface area contributed by atoms with Crippen LogP contribution in [0.15, 0.2) is 18.2 Å². The van der Waals surface area contributed by atoms with Crippen molar-refractivity contribution >= 4 is 17.7 Å². The van der Waals surface area contributed by atoms with Gasteiger partial charge in [0.1, 0.15) is 12.0 Å². The van der Waals surface area contributed by atoms with Crippen molar-refractivity contribution in [2.75, 3.05) is 11.9 Å². The third kappa shape index (κ3) is 4.03. The average molecular weight is 280 g/mol. The minimum Gasteiger partial charge on any atom is -0.391 e. The molecular weight excluding hydrogens is 260 g/mol. The molecule has 1 unspecified atom stereocenters. The van der Waals surface area contributed by atoms with Crippen molar-refractivity contribution in [3.63, 3.8) is 0 Å². The molecule has 20 heavy (non-hydrogen) atoms. The number of nitro benzene ring substituents is 1. The number of benzene rings is 1. The third-order valence-corrected chi connectivity index (χ3v) is 3.45. The number of aliphatic hydroxyl groups excluding tert-OH is 1. The van der Waals surface area contributed by atoms with Crippen LogP contribution in [0.2, 0.25) is 0 Å². The molecule has 6 heteroatoms. The lowest BCUT2D eigenvalue weighted by atomic mass is 9.96. The van der Waals surface area contributed by atoms with E-state index >= 15 is 0 Å². The maximum Gasteiger partial charge on any atom is 0.293 e. The topological polar surface area (TPSA) is 92.5 Å². The summed E-state index contributed by atoms with van der Waals surface area (Å²) in [6.45, 7) is 4.24. The molecule has 1 aromatic rings. The van der Waals surface area contributed by atoms with Gasteiger partial charge in [-0.05, 0) is 18.1 Å². The molecule has 0 bridgehead atoms. The van der Waals surface area contributed by atoms with E-state index in [2.05, 4.69) is 5.32 Å². The summed E-state index contributed by atoms with van der Waals surface area (Å²) in [4.78, 5) is 21.1. The zero-order valence-electron chi connectivity index (χ0n) is 11.7. The van der Waals surface area contributed by atoms with Gasteiger partial charge in [0, 0.05) is 18.2 Å². The van der Waals surface area contributed by atoms with Gasteiger partial charge in [0.25, 0.3) is 5.69 Å². The van der Waals surface area contributed by atoms with E-state index in [1.54, 1.807) is 0 Å². The number of hydrogen-bond donors (Lipinski definition) is 2. The van der Waals surface area contributed by atoms with Crippen molar-refractivity contribution in [2.45, 2.75) is 32.8 Å². The Morgan fingerprint density at radius 3 is 2.55 bits per heavy atom. The highest BCUT2D eigenvalue weighted by molar-refractivity contribution is 5.79. The van der Waals surface area contributed by atoms with Gasteiger partial charge in [-0.15, -0.1) is 0 Å². The summed E-state index contributed by atoms with van der Waals surface area (Å²) in [7, 11) is 0. The summed E-state index contributed by atoms with van der Waals surface area (Å²) in [5.74, 6) is 0.163. The molecule has 0 radical (unpaired) electrons. The average Bonchev–Trinajstić information content (AvgIpc) is 2.46. The molecule has 6 nitrogen and oxygen atoms in total. The molecule has 0 aliphatic rings. The van der Waals surface area contributed by atoms with E-state index in [1.807, 2.05) is 13.8 Å². The maximum absolute atomic E-state index is 11.0. The van der Waals surface area contributed by atoms with Crippen LogP contribution in [0.1, 0.15) is 37.0 Å². The molecule has 0 amide bonds. The molecule has 0 heterocycles. The molecule has 1 aromatic carbocycles. The normalized spacial score (nSPS) is 12.2. The lowest BCUT2D eigenvalue weighted by Crippen LogP contribution is -2.27. The van der Waals surface area contributed by atoms with Crippen LogP contribution in [0.25, 0.3) is 0 Å². The van der Waals surface area contributed by atoms with Crippen LogP contribution in [0, 0.1) is 16.0 Å². The highest BCUT2D eigenvalue weighted by Crippen LogP contribution is 2.25. The van der Waals surface area contributed by atoms with E-state index in [4.69, 9.17) is 0 Å². The predicted octanol–water partition coefficient (Wildman–Crippen LogP) is 2.62. The molecule has 0 aromatic heterocycles. The lowest BCUT2D eigenvalue weighted by Gasteiger charge is -2.20. The summed E-state index contributed by atoms with van der Waals surface area (Å²) in [6, 6.07) is 4.21. The fourth-order valence-electron chi connectivity index (χ4n) is 2.14. The lowest BCUT2D eigenvalue weighted by molar-refractivity contribution is -0.384. The molecule has 0 fully saturated rings. The predicted molar refractivity (Wildman–Crippen MR) is 77.1 cm³/mol. The Balaban J connectivity index is 2.82. The van der Waals surface area contributed by atoms with E-state index in [-0.39, 0.29) is 23.7 Å². The summed E-state index contributed by atoms with van der Waals surface area (Å²) in [5, 5.41) is 23.9. The molecular formula is C14H20N2O4. The number of carbonyl (C=O) groups is 1. The molecule has 1 atom stereocenters. The minimum atomic E-state index is -0.560. The smallest absolute Gasteiger partial charge is 0.293 e. The van der Waals surface area contributed by atoms with Crippen molar-refractivity contribution in [1.29, 1.82) is 0 Å². The monoisotopic (exact) mass is 280 g/mol. The Hall–Kier alpha value is -1.95. The molecule has 0 aliphatic carbocycles. The number of anilines is 1. The number of hydrogen-bond acceptors (Lipinski definition) is 5. The van der Waals surface area contributed by atoms with Gasteiger partial charge in [0.05, 0.1) is 11.0 Å². The Bertz CT molecular complexity index is 472. The first-order valence-electron chi connectivity index (χ1n) is 6.69. The van der Waals surface area contributed by atoms with Crippen LogP contribution in [0.3, 0.4) is 0 Å². The highest BCUT2D eigenvalue weighted by atomic mass is 16.6. The van der Waals surface area contributed by atoms with Crippen molar-refractivity contribution in [3.8, 4) is 0 Å². The second kappa shape index (κ2) is 7.59. The van der Waals surface area contributed by atoms with Crippen molar-refractivity contribution in [1.82, 2.24) is 0 Å². The number of rotatable bonds is 8. The van der Waals surface area contributed by atoms with E-state index in [0.29, 0.717) is 12.0 Å². The van der Waals surface area contributed by atoms with Gasteiger partial charge in [0.2, 0.25) is 0 Å². The quantitative estimate of drug-likeness (QED) is 0.434. The Morgan fingerprint density at radius 1 is 1.40 bits per heavy atom. The summed E-state index contributed by atoms with van der Waals surface area (Å²) < 4.78 is 0. The van der Waals surface area contributed by atoms with Crippen molar-refractivity contribution in [3.05, 3.63) is 33.9 Å². The third-order valence-electron chi connectivity index (χ3n) is 3.45. The fourth-order valence-corrected chi connectivity index (χ4v) is 2.14. The maximum atomic E-state index is 11.0. The Morgan fingerprint density at radius 2 is 2.05 bits per heavy atom. The van der Waals surface area contributed by atoms with Crippen molar-refractivity contribution < 1.29 is 14.8 Å². The number of aldehydes is 1. The number of carbonyl (C=O) groups excluding carboxylic acids is 1. The van der Waals surface area contributed by atoms with Crippen LogP contribution in [-0.4, -0.2) is 29.0 Å². The number of nitrogens with zero attached hydrogens (tertiary/aromatic N) is 1. The SMILES string of the molecule is CCC(CC)C(O)CNc1ccc(C=O)cc1[N+](=O)[O-]. The molecule has 0 saturated heterocycles. The van der Waals surface area contributed by atoms with Gasteiger partial charge < -0.3 is 10.4 Å². The second-order valence-electron chi connectivity index (χ2n) is 4.68. The highest BCUT2D eigenvalue weighted by Gasteiger charge is 2.18. The molecule has 2 N–H and O–H groups in total. The van der Waals surface area contributed by atoms with Gasteiger partial charge in [-0.2, -0.15) is 0 Å². The van der Waals surface area contributed by atoms with E-state index < -0.39 is 11.0 Å². The second-order valence-corrected chi connectivity index (χ2v) is 4.68. The van der Waals surface area contributed by atoms with E-state index in [9.17, 15) is 20.0 Å². The van der Waals surface area contributed by atoms with Crippen LogP contribution < -0.4 is 5.32 Å². The zero-order valence-corrected chi connectivity index (χ0v) is 11.7. The minimum absolute atomic E-state index is 0.161. The van der Waals surface area contributed by atoms with Crippen LogP contribution in [-0.2, 0) is 0 Å². The first-order valence-corrected chi connectivity index (χ1v) is 6.69. The van der Waals surface area contributed by atoms with Gasteiger partial charge in [-0.3, -0.25) is 14.9 Å². The summed E-state index contributed by atoms with van der Waals surface area (Å²) in [5.41, 5.74) is 0.403. The molecule has 0 saturated carbocycles. The van der Waals surface area contributed by atoms with Crippen LogP contribution in [0.4, 0.5) is 11.4 Å². The number of nitrogens with one attached hydrogen (secondary N) is 1. The molecule has 110 valence electrons. The van der Waals surface area contributed by atoms with Crippen molar-refractivity contribution in [2.24, 2.45) is 5.92 Å². The van der Waals surface area contributed by atoms with Gasteiger partial charge in [-0.1, -0.05) is 26.7 Å². The first kappa shape index (κ1) is 16.1. The van der Waals surface area contributed by atoms with Gasteiger partial charge in [0.15, 0.2) is 0 Å². The standard InChI is InChI=1S/C14H20N2O4/c1-3-11(4-2)14(18)8-15-12-6-5-10(9-17)7-13(12)16(19)20/h5-7,9,11,14-15,18H,3-4,8H2,1-2H3. The fraction of sp³-hybridized carbons (Fsp3) is 0.500. The summed E-state index contributed by atoms with van der Waals surface area (Å²) >= 11 is 0. The zero-order chi connectivity index (χ0) is 15.1. The Labute approximate surface area is 118 Å². The number of aliphatic hydroxyl groups is 1. The van der Waals surface area contributed by atoms with E-state index in [0.717, 1.165) is 12.8 Å². The molecule has 0 spiro atoms. The van der Waals surface area contributed by atoms with Crippen LogP contribution >= 0.6 is 0 Å². The molecule has 0 aliphatic heterocycles. The largest absolute Gasteiger partial charge is 0.391 e. The Kier molecular flexibility index (Phi) is 6.11. The first-order chi connectivity index (χ1) is 9.53.